The molecule has 0 spiro atoms. The highest BCUT2D eigenvalue weighted by atomic mass is 32.2. The Bertz CT molecular complexity index is 706. The van der Waals surface area contributed by atoms with E-state index in [2.05, 4.69) is 22.4 Å². The summed E-state index contributed by atoms with van der Waals surface area (Å²) in [6, 6.07) is 3.92. The van der Waals surface area contributed by atoms with E-state index < -0.39 is 0 Å². The molecule has 2 aromatic heterocycles. The van der Waals surface area contributed by atoms with Crippen LogP contribution in [0.3, 0.4) is 0 Å². The fraction of sp³-hybridized carbons (Fsp3) is 0.529. The van der Waals surface area contributed by atoms with Crippen LogP contribution in [0.4, 0.5) is 0 Å². The third kappa shape index (κ3) is 8.20. The van der Waals surface area contributed by atoms with Crippen LogP contribution >= 0.6 is 46.2 Å². The number of carbonyl (C=O) groups is 2. The maximum absolute atomic E-state index is 12.4. The number of aromatic nitrogens is 2. The monoisotopic (exact) mass is 444 g/mol. The van der Waals surface area contributed by atoms with Gasteiger partial charge in [-0.05, 0) is 24.8 Å². The van der Waals surface area contributed by atoms with Crippen LogP contribution in [0.1, 0.15) is 31.6 Å². The number of hydrogen-bond donors (Lipinski definition) is 1. The van der Waals surface area contributed by atoms with E-state index in [4.69, 9.17) is 0 Å². The number of nitrogens with one attached hydrogen (secondary N) is 1. The van der Waals surface area contributed by atoms with Gasteiger partial charge in [-0.15, -0.1) is 21.5 Å². The maximum Gasteiger partial charge on any atom is 0.239 e. The third-order valence-corrected chi connectivity index (χ3v) is 7.68. The highest BCUT2D eigenvalue weighted by molar-refractivity contribution is 8.03. The summed E-state index contributed by atoms with van der Waals surface area (Å²) >= 11 is 6.21. The van der Waals surface area contributed by atoms with Gasteiger partial charge in [0.05, 0.1) is 18.8 Å². The molecule has 6 nitrogen and oxygen atoms in total. The number of rotatable bonds is 12. The van der Waals surface area contributed by atoms with E-state index in [-0.39, 0.29) is 24.1 Å². The molecule has 0 bridgehead atoms. The number of thiophene rings is 1. The molecular weight excluding hydrogens is 420 g/mol. The summed E-state index contributed by atoms with van der Waals surface area (Å²) in [6.45, 7) is 5.12. The van der Waals surface area contributed by atoms with Crippen molar-refractivity contribution in [1.82, 2.24) is 20.4 Å². The lowest BCUT2D eigenvalue weighted by molar-refractivity contribution is -0.133. The summed E-state index contributed by atoms with van der Waals surface area (Å²) in [5.74, 6) is 1.09. The number of thioether (sulfide) groups is 2. The van der Waals surface area contributed by atoms with Crippen LogP contribution in [0.2, 0.25) is 0 Å². The molecule has 0 aliphatic rings. The lowest BCUT2D eigenvalue weighted by atomic mass is 10.4. The van der Waals surface area contributed by atoms with Crippen molar-refractivity contribution in [3.63, 3.8) is 0 Å². The Morgan fingerprint density at radius 2 is 2.00 bits per heavy atom. The molecule has 0 atom stereocenters. The van der Waals surface area contributed by atoms with Gasteiger partial charge in [-0.3, -0.25) is 9.59 Å². The van der Waals surface area contributed by atoms with E-state index in [1.165, 1.54) is 23.1 Å². The first kappa shape index (κ1) is 22.2. The number of likely N-dealkylation sites (N-methyl/N-ethyl adjacent to an activating group) is 1. The maximum atomic E-state index is 12.4. The number of unbranched alkanes of at least 4 members (excludes halogenated alkanes) is 1. The van der Waals surface area contributed by atoms with Crippen LogP contribution in [0.15, 0.2) is 26.2 Å². The second-order valence-corrected chi connectivity index (χ2v) is 10.2. The molecule has 0 aromatic carbocycles. The zero-order valence-electron chi connectivity index (χ0n) is 15.5. The Labute approximate surface area is 176 Å². The van der Waals surface area contributed by atoms with Crippen molar-refractivity contribution < 1.29 is 9.59 Å². The Morgan fingerprint density at radius 1 is 1.22 bits per heavy atom. The minimum atomic E-state index is -0.144. The molecule has 10 heteroatoms. The summed E-state index contributed by atoms with van der Waals surface area (Å²) in [7, 11) is 0. The van der Waals surface area contributed by atoms with Crippen molar-refractivity contribution in [1.29, 1.82) is 0 Å². The number of nitrogens with zero attached hydrogens (tertiary/aromatic N) is 3. The van der Waals surface area contributed by atoms with E-state index >= 15 is 0 Å². The molecule has 148 valence electrons. The Kier molecular flexibility index (Phi) is 10.2. The summed E-state index contributed by atoms with van der Waals surface area (Å²) in [6.07, 6.45) is 2.32. The van der Waals surface area contributed by atoms with Gasteiger partial charge >= 0.3 is 0 Å². The standard InChI is InChI=1S/C17H24N4O2S4/c1-3-5-8-25-16-19-20-17(27-16)26-12-15(23)21(4-2)11-14(22)18-10-13-7-6-9-24-13/h6-7,9H,3-5,8,10-12H2,1-2H3,(H,18,22). The highest BCUT2D eigenvalue weighted by Crippen LogP contribution is 2.29. The molecule has 0 fully saturated rings. The van der Waals surface area contributed by atoms with Crippen LogP contribution < -0.4 is 5.32 Å². The lowest BCUT2D eigenvalue weighted by Crippen LogP contribution is -2.41. The summed E-state index contributed by atoms with van der Waals surface area (Å²) in [4.78, 5) is 27.2. The molecule has 27 heavy (non-hydrogen) atoms. The molecule has 0 radical (unpaired) electrons. The Hall–Kier alpha value is -1.10. The Morgan fingerprint density at radius 3 is 2.67 bits per heavy atom. The quantitative estimate of drug-likeness (QED) is 0.397. The van der Waals surface area contributed by atoms with Crippen LogP contribution in [0.25, 0.3) is 0 Å². The molecule has 2 amide bonds. The normalized spacial score (nSPS) is 10.7. The van der Waals surface area contributed by atoms with Crippen molar-refractivity contribution in [3.05, 3.63) is 22.4 Å². The highest BCUT2D eigenvalue weighted by Gasteiger charge is 2.17. The summed E-state index contributed by atoms with van der Waals surface area (Å²) in [5, 5.41) is 13.1. The first-order chi connectivity index (χ1) is 13.1. The molecule has 2 rings (SSSR count). The molecule has 0 aliphatic carbocycles. The smallest absolute Gasteiger partial charge is 0.239 e. The van der Waals surface area contributed by atoms with E-state index in [0.29, 0.717) is 13.1 Å². The molecule has 0 saturated heterocycles. The van der Waals surface area contributed by atoms with Gasteiger partial charge in [0.1, 0.15) is 0 Å². The van der Waals surface area contributed by atoms with E-state index in [0.717, 1.165) is 32.2 Å². The average molecular weight is 445 g/mol. The zero-order valence-corrected chi connectivity index (χ0v) is 18.7. The SMILES string of the molecule is CCCCSc1nnc(SCC(=O)N(CC)CC(=O)NCc2cccs2)s1. The van der Waals surface area contributed by atoms with Gasteiger partial charge in [0.2, 0.25) is 11.8 Å². The second kappa shape index (κ2) is 12.4. The van der Waals surface area contributed by atoms with Crippen molar-refractivity contribution in [2.45, 2.75) is 41.9 Å². The van der Waals surface area contributed by atoms with E-state index in [9.17, 15) is 9.59 Å². The van der Waals surface area contributed by atoms with Crippen molar-refractivity contribution >= 4 is 58.0 Å². The molecular formula is C17H24N4O2S4. The second-order valence-electron chi connectivity index (χ2n) is 5.59. The number of carbonyl (C=O) groups excluding carboxylic acids is 2. The lowest BCUT2D eigenvalue weighted by Gasteiger charge is -2.19. The fourth-order valence-corrected chi connectivity index (χ4v) is 5.76. The van der Waals surface area contributed by atoms with Crippen LogP contribution in [0, 0.1) is 0 Å². The first-order valence-corrected chi connectivity index (χ1v) is 12.4. The number of hydrogen-bond acceptors (Lipinski definition) is 8. The molecule has 0 saturated carbocycles. The predicted molar refractivity (Wildman–Crippen MR) is 115 cm³/mol. The number of amides is 2. The van der Waals surface area contributed by atoms with Gasteiger partial charge in [-0.2, -0.15) is 0 Å². The van der Waals surface area contributed by atoms with Gasteiger partial charge in [-0.25, -0.2) is 0 Å². The molecule has 2 aromatic rings. The minimum Gasteiger partial charge on any atom is -0.350 e. The zero-order chi connectivity index (χ0) is 19.5. The summed E-state index contributed by atoms with van der Waals surface area (Å²) in [5.41, 5.74) is 0. The van der Waals surface area contributed by atoms with Crippen molar-refractivity contribution in [2.24, 2.45) is 0 Å². The first-order valence-electron chi connectivity index (χ1n) is 8.78. The largest absolute Gasteiger partial charge is 0.350 e. The van der Waals surface area contributed by atoms with Gasteiger partial charge in [0.15, 0.2) is 8.68 Å². The van der Waals surface area contributed by atoms with Crippen molar-refractivity contribution in [3.8, 4) is 0 Å². The minimum absolute atomic E-state index is 0.0656. The van der Waals surface area contributed by atoms with E-state index in [1.807, 2.05) is 24.4 Å². The molecule has 2 heterocycles. The van der Waals surface area contributed by atoms with Gasteiger partial charge < -0.3 is 10.2 Å². The molecule has 1 N–H and O–H groups in total. The third-order valence-electron chi connectivity index (χ3n) is 3.54. The average Bonchev–Trinajstić information content (AvgIpc) is 3.34. The van der Waals surface area contributed by atoms with Crippen LogP contribution in [-0.4, -0.2) is 51.5 Å². The molecule has 0 unspecified atom stereocenters. The van der Waals surface area contributed by atoms with Crippen LogP contribution in [0.5, 0.6) is 0 Å². The predicted octanol–water partition coefficient (Wildman–Crippen LogP) is 3.75. The Balaban J connectivity index is 1.73. The van der Waals surface area contributed by atoms with Gasteiger partial charge in [0, 0.05) is 17.2 Å². The fourth-order valence-electron chi connectivity index (χ4n) is 2.04. The molecule has 0 aliphatic heterocycles. The van der Waals surface area contributed by atoms with E-state index in [1.54, 1.807) is 28.0 Å². The topological polar surface area (TPSA) is 75.2 Å². The van der Waals surface area contributed by atoms with Crippen molar-refractivity contribution in [2.75, 3.05) is 24.6 Å². The van der Waals surface area contributed by atoms with Gasteiger partial charge in [-0.1, -0.05) is 54.3 Å². The van der Waals surface area contributed by atoms with Gasteiger partial charge in [0.25, 0.3) is 0 Å². The summed E-state index contributed by atoms with van der Waals surface area (Å²) < 4.78 is 1.74. The van der Waals surface area contributed by atoms with Crippen LogP contribution in [-0.2, 0) is 16.1 Å².